The molecule has 0 bridgehead atoms. The van der Waals surface area contributed by atoms with Crippen LogP contribution in [0.1, 0.15) is 6.92 Å². The largest absolute Gasteiger partial charge is 0.378 e. The molecule has 1 radical (unpaired) electrons. The van der Waals surface area contributed by atoms with E-state index in [-0.39, 0.29) is 4.90 Å². The zero-order valence-electron chi connectivity index (χ0n) is 7.06. The fourth-order valence-corrected chi connectivity index (χ4v) is 1.89. The molecule has 0 aliphatic heterocycles. The molecule has 0 aliphatic rings. The van der Waals surface area contributed by atoms with Crippen LogP contribution < -0.4 is 4.72 Å². The van der Waals surface area contributed by atoms with Gasteiger partial charge in [-0.05, 0) is 13.0 Å². The van der Waals surface area contributed by atoms with Crippen molar-refractivity contribution in [3.8, 4) is 0 Å². The van der Waals surface area contributed by atoms with Gasteiger partial charge < -0.3 is 5.11 Å². The van der Waals surface area contributed by atoms with Crippen molar-refractivity contribution in [2.75, 3.05) is 0 Å². The number of nitrogens with one attached hydrogen (secondary N) is 1. The molecule has 2 N–H and O–H groups in total. The Morgan fingerprint density at radius 2 is 2.23 bits per heavy atom. The van der Waals surface area contributed by atoms with E-state index in [0.29, 0.717) is 0 Å². The van der Waals surface area contributed by atoms with Crippen LogP contribution in [0.4, 0.5) is 0 Å². The number of hydrogen-bond donors (Lipinski definition) is 2. The molecular weight excluding hydrogens is 190 g/mol. The molecule has 1 aromatic carbocycles. The van der Waals surface area contributed by atoms with Gasteiger partial charge in [0.15, 0.2) is 0 Å². The van der Waals surface area contributed by atoms with E-state index in [2.05, 4.69) is 6.07 Å². The van der Waals surface area contributed by atoms with Gasteiger partial charge >= 0.3 is 0 Å². The highest BCUT2D eigenvalue weighted by atomic mass is 32.2. The lowest BCUT2D eigenvalue weighted by molar-refractivity contribution is 0.184. The topological polar surface area (TPSA) is 66.4 Å². The molecule has 0 saturated carbocycles. The second kappa shape index (κ2) is 3.87. The summed E-state index contributed by atoms with van der Waals surface area (Å²) in [5, 5.41) is 8.85. The van der Waals surface area contributed by atoms with Gasteiger partial charge in [0.25, 0.3) is 0 Å². The minimum absolute atomic E-state index is 0.0240. The van der Waals surface area contributed by atoms with Crippen LogP contribution in [0.2, 0.25) is 0 Å². The second-order valence-corrected chi connectivity index (χ2v) is 4.21. The summed E-state index contributed by atoms with van der Waals surface area (Å²) in [4.78, 5) is 0.0240. The maximum atomic E-state index is 11.3. The maximum Gasteiger partial charge on any atom is 0.243 e. The minimum atomic E-state index is -3.62. The summed E-state index contributed by atoms with van der Waals surface area (Å²) in [5.74, 6) is 0. The Balaban J connectivity index is 2.96. The van der Waals surface area contributed by atoms with Crippen molar-refractivity contribution < 1.29 is 13.5 Å². The summed E-state index contributed by atoms with van der Waals surface area (Å²) in [6.45, 7) is 1.33. The Hall–Kier alpha value is -0.910. The molecule has 0 aliphatic carbocycles. The first-order chi connectivity index (χ1) is 6.02. The summed E-state index contributed by atoms with van der Waals surface area (Å²) < 4.78 is 24.7. The molecule has 13 heavy (non-hydrogen) atoms. The number of sulfonamides is 1. The molecule has 0 aromatic heterocycles. The van der Waals surface area contributed by atoms with E-state index >= 15 is 0 Å². The molecule has 0 amide bonds. The van der Waals surface area contributed by atoms with Crippen LogP contribution >= 0.6 is 0 Å². The molecule has 1 unspecified atom stereocenters. The zero-order chi connectivity index (χ0) is 9.90. The van der Waals surface area contributed by atoms with Gasteiger partial charge in [0.05, 0.1) is 4.90 Å². The Bertz CT molecular complexity index is 358. The quantitative estimate of drug-likeness (QED) is 0.680. The third kappa shape index (κ3) is 2.80. The highest BCUT2D eigenvalue weighted by Crippen LogP contribution is 2.06. The normalized spacial score (nSPS) is 14.0. The van der Waals surface area contributed by atoms with Gasteiger partial charge in [0, 0.05) is 6.07 Å². The molecule has 5 heteroatoms. The van der Waals surface area contributed by atoms with Crippen LogP contribution in [0.15, 0.2) is 29.2 Å². The molecule has 0 fully saturated rings. The SMILES string of the molecule is CC(O)NS(=O)(=O)c1[c]cccc1. The number of aliphatic hydroxyl groups excluding tert-OH is 1. The van der Waals surface area contributed by atoms with Gasteiger partial charge in [0.2, 0.25) is 10.0 Å². The third-order valence-corrected chi connectivity index (χ3v) is 2.78. The van der Waals surface area contributed by atoms with Crippen molar-refractivity contribution in [2.24, 2.45) is 0 Å². The average Bonchev–Trinajstić information content (AvgIpc) is 2.04. The van der Waals surface area contributed by atoms with Crippen LogP contribution in [-0.2, 0) is 10.0 Å². The second-order valence-electron chi connectivity index (χ2n) is 2.52. The maximum absolute atomic E-state index is 11.3. The third-order valence-electron chi connectivity index (χ3n) is 1.30. The standard InChI is InChI=1S/C8H10NO3S/c1-7(10)9-13(11,12)8-5-3-2-4-6-8/h2-5,7,9-10H,1H3. The fraction of sp³-hybridized carbons (Fsp3) is 0.250. The number of rotatable bonds is 3. The van der Waals surface area contributed by atoms with Crippen molar-refractivity contribution in [3.63, 3.8) is 0 Å². The lowest BCUT2D eigenvalue weighted by Gasteiger charge is -2.07. The minimum Gasteiger partial charge on any atom is -0.378 e. The van der Waals surface area contributed by atoms with Crippen LogP contribution in [-0.4, -0.2) is 19.8 Å². The monoisotopic (exact) mass is 200 g/mol. The molecule has 1 aromatic rings. The smallest absolute Gasteiger partial charge is 0.243 e. The van der Waals surface area contributed by atoms with Crippen LogP contribution in [0, 0.1) is 6.07 Å². The Kier molecular flexibility index (Phi) is 3.02. The van der Waals surface area contributed by atoms with E-state index in [1.807, 2.05) is 4.72 Å². The molecule has 0 saturated heterocycles. The van der Waals surface area contributed by atoms with Crippen molar-refractivity contribution in [1.82, 2.24) is 4.72 Å². The summed E-state index contributed by atoms with van der Waals surface area (Å²) in [5.41, 5.74) is 0. The van der Waals surface area contributed by atoms with Gasteiger partial charge in [-0.25, -0.2) is 8.42 Å². The van der Waals surface area contributed by atoms with Gasteiger partial charge in [-0.1, -0.05) is 18.2 Å². The average molecular weight is 200 g/mol. The number of hydrogen-bond acceptors (Lipinski definition) is 3. The van der Waals surface area contributed by atoms with E-state index in [9.17, 15) is 8.42 Å². The molecule has 4 nitrogen and oxygen atoms in total. The first-order valence-corrected chi connectivity index (χ1v) is 5.18. The summed E-state index contributed by atoms with van der Waals surface area (Å²) >= 11 is 0. The predicted molar refractivity (Wildman–Crippen MR) is 47.3 cm³/mol. The van der Waals surface area contributed by atoms with Crippen LogP contribution in [0.25, 0.3) is 0 Å². The summed E-state index contributed by atoms with van der Waals surface area (Å²) in [6.07, 6.45) is -1.10. The molecule has 0 spiro atoms. The first kappa shape index (κ1) is 10.2. The lowest BCUT2D eigenvalue weighted by Crippen LogP contribution is -2.32. The van der Waals surface area contributed by atoms with E-state index in [1.54, 1.807) is 12.1 Å². The van der Waals surface area contributed by atoms with Crippen molar-refractivity contribution in [2.45, 2.75) is 18.0 Å². The predicted octanol–water partition coefficient (Wildman–Crippen LogP) is 0.103. The number of aliphatic hydroxyl groups is 1. The van der Waals surface area contributed by atoms with Gasteiger partial charge in [-0.15, -0.1) is 0 Å². The molecule has 1 atom stereocenters. The fourth-order valence-electron chi connectivity index (χ4n) is 0.832. The summed E-state index contributed by atoms with van der Waals surface area (Å²) in [7, 11) is -3.62. The highest BCUT2D eigenvalue weighted by molar-refractivity contribution is 7.89. The molecule has 1 rings (SSSR count). The Morgan fingerprint density at radius 3 is 2.69 bits per heavy atom. The number of benzene rings is 1. The van der Waals surface area contributed by atoms with E-state index in [4.69, 9.17) is 5.11 Å². The van der Waals surface area contributed by atoms with Gasteiger partial charge in [0.1, 0.15) is 6.23 Å². The highest BCUT2D eigenvalue weighted by Gasteiger charge is 2.14. The Labute approximate surface area is 77.3 Å². The lowest BCUT2D eigenvalue weighted by atomic mass is 10.4. The summed E-state index contributed by atoms with van der Waals surface area (Å²) in [6, 6.07) is 8.71. The van der Waals surface area contributed by atoms with Crippen LogP contribution in [0.5, 0.6) is 0 Å². The van der Waals surface area contributed by atoms with E-state index < -0.39 is 16.3 Å². The molecular formula is C8H10NO3S. The Morgan fingerprint density at radius 1 is 1.54 bits per heavy atom. The molecule has 71 valence electrons. The van der Waals surface area contributed by atoms with E-state index in [0.717, 1.165) is 0 Å². The molecule has 0 heterocycles. The van der Waals surface area contributed by atoms with E-state index in [1.165, 1.54) is 19.1 Å². The van der Waals surface area contributed by atoms with Crippen molar-refractivity contribution in [3.05, 3.63) is 30.3 Å². The first-order valence-electron chi connectivity index (χ1n) is 3.69. The van der Waals surface area contributed by atoms with Crippen molar-refractivity contribution in [1.29, 1.82) is 0 Å². The van der Waals surface area contributed by atoms with Crippen LogP contribution in [0.3, 0.4) is 0 Å². The zero-order valence-corrected chi connectivity index (χ0v) is 7.88. The van der Waals surface area contributed by atoms with Gasteiger partial charge in [-0.2, -0.15) is 4.72 Å². The van der Waals surface area contributed by atoms with Crippen molar-refractivity contribution >= 4 is 10.0 Å². The van der Waals surface area contributed by atoms with Gasteiger partial charge in [-0.3, -0.25) is 0 Å².